The summed E-state index contributed by atoms with van der Waals surface area (Å²) in [6, 6.07) is 10.8. The molecule has 9 nitrogen and oxygen atoms in total. The second-order valence-corrected chi connectivity index (χ2v) is 12.1. The van der Waals surface area contributed by atoms with Crippen molar-refractivity contribution in [2.75, 3.05) is 20.3 Å². The van der Waals surface area contributed by atoms with Crippen molar-refractivity contribution >= 4 is 33.4 Å². The van der Waals surface area contributed by atoms with E-state index in [2.05, 4.69) is 10.3 Å². The van der Waals surface area contributed by atoms with Crippen molar-refractivity contribution < 1.29 is 28.6 Å². The average Bonchev–Trinajstić information content (AvgIpc) is 3.67. The van der Waals surface area contributed by atoms with Gasteiger partial charge in [0.05, 0.1) is 29.1 Å². The van der Waals surface area contributed by atoms with Crippen molar-refractivity contribution in [2.24, 2.45) is 11.7 Å². The van der Waals surface area contributed by atoms with Crippen molar-refractivity contribution in [3.63, 3.8) is 0 Å². The molecule has 2 aromatic heterocycles. The molecule has 1 fully saturated rings. The number of benzene rings is 2. The number of halogens is 1. The highest BCUT2D eigenvalue weighted by Crippen LogP contribution is 2.50. The van der Waals surface area contributed by atoms with Crippen LogP contribution in [0.1, 0.15) is 46.4 Å². The first-order chi connectivity index (χ1) is 19.5. The number of ether oxygens (including phenoxy) is 2. The molecular formula is C30H29FN4O5S. The Bertz CT molecular complexity index is 1700. The molecule has 2 atom stereocenters. The Morgan fingerprint density at radius 1 is 1.24 bits per heavy atom. The number of methoxy groups -OCH3 is 1. The molecule has 4 aromatic rings. The Labute approximate surface area is 239 Å². The lowest BCUT2D eigenvalue weighted by Gasteiger charge is -2.30. The highest BCUT2D eigenvalue weighted by atomic mass is 32.1. The van der Waals surface area contributed by atoms with E-state index in [0.717, 1.165) is 22.5 Å². The minimum Gasteiger partial charge on any atom is -0.494 e. The molecule has 1 unspecified atom stereocenters. The van der Waals surface area contributed by atoms with Gasteiger partial charge in [-0.3, -0.25) is 9.59 Å². The Morgan fingerprint density at radius 2 is 1.98 bits per heavy atom. The average molecular weight is 577 g/mol. The molecule has 4 N–H and O–H groups in total. The molecule has 2 amide bonds. The lowest BCUT2D eigenvalue weighted by Crippen LogP contribution is -2.44. The minimum absolute atomic E-state index is 0.0109. The molecule has 0 saturated heterocycles. The van der Waals surface area contributed by atoms with Gasteiger partial charge in [-0.1, -0.05) is 0 Å². The fraction of sp³-hybridized carbons (Fsp3) is 0.333. The van der Waals surface area contributed by atoms with Crippen LogP contribution in [-0.4, -0.2) is 47.2 Å². The van der Waals surface area contributed by atoms with E-state index < -0.39 is 22.7 Å². The topological polar surface area (TPSA) is 137 Å². The van der Waals surface area contributed by atoms with Gasteiger partial charge in [0, 0.05) is 16.7 Å². The summed E-state index contributed by atoms with van der Waals surface area (Å²) < 4.78 is 25.9. The number of aliphatic hydroxyl groups is 1. The van der Waals surface area contributed by atoms with E-state index in [4.69, 9.17) is 20.2 Å². The molecule has 1 aliphatic heterocycles. The van der Waals surface area contributed by atoms with Crippen LogP contribution in [0.3, 0.4) is 0 Å². The summed E-state index contributed by atoms with van der Waals surface area (Å²) in [6.07, 6.45) is 1.47. The number of primary amides is 1. The number of nitrogens with one attached hydrogen (secondary N) is 1. The van der Waals surface area contributed by atoms with Crippen LogP contribution in [0.4, 0.5) is 4.39 Å². The van der Waals surface area contributed by atoms with E-state index in [9.17, 15) is 19.1 Å². The predicted octanol–water partition coefficient (Wildman–Crippen LogP) is 3.98. The van der Waals surface area contributed by atoms with Gasteiger partial charge in [0.15, 0.2) is 0 Å². The van der Waals surface area contributed by atoms with Crippen LogP contribution in [0.25, 0.3) is 21.5 Å². The van der Waals surface area contributed by atoms with E-state index in [1.165, 1.54) is 30.6 Å². The molecule has 41 heavy (non-hydrogen) atoms. The highest BCUT2D eigenvalue weighted by molar-refractivity contribution is 7.18. The van der Waals surface area contributed by atoms with Crippen molar-refractivity contribution in [1.82, 2.24) is 15.3 Å². The van der Waals surface area contributed by atoms with Crippen LogP contribution in [-0.2, 0) is 15.8 Å². The maximum absolute atomic E-state index is 13.7. The number of pyridine rings is 1. The fourth-order valence-corrected chi connectivity index (χ4v) is 6.21. The summed E-state index contributed by atoms with van der Waals surface area (Å²) in [5.74, 6) is -0.693. The molecule has 0 spiro atoms. The zero-order valence-electron chi connectivity index (χ0n) is 22.8. The number of nitrogens with zero attached hydrogens (tertiary/aromatic N) is 2. The van der Waals surface area contributed by atoms with Crippen LogP contribution in [0.5, 0.6) is 11.5 Å². The van der Waals surface area contributed by atoms with Gasteiger partial charge in [-0.15, -0.1) is 11.3 Å². The Kier molecular flexibility index (Phi) is 6.46. The number of amides is 2. The first-order valence-electron chi connectivity index (χ1n) is 13.2. The maximum Gasteiger partial charge on any atom is 0.251 e. The maximum atomic E-state index is 13.7. The Morgan fingerprint density at radius 3 is 2.63 bits per heavy atom. The van der Waals surface area contributed by atoms with Gasteiger partial charge in [0.1, 0.15) is 46.1 Å². The lowest BCUT2D eigenvalue weighted by molar-refractivity contribution is -0.123. The van der Waals surface area contributed by atoms with Crippen LogP contribution < -0.4 is 20.5 Å². The van der Waals surface area contributed by atoms with E-state index in [1.807, 2.05) is 6.92 Å². The second kappa shape index (κ2) is 9.78. The molecule has 0 radical (unpaired) electrons. The van der Waals surface area contributed by atoms with Gasteiger partial charge in [-0.25, -0.2) is 14.4 Å². The monoisotopic (exact) mass is 576 g/mol. The van der Waals surface area contributed by atoms with Gasteiger partial charge in [0.25, 0.3) is 5.91 Å². The number of fused-ring (bicyclic) bond motifs is 2. The molecular weight excluding hydrogens is 547 g/mol. The number of nitrogens with two attached hydrogens (primary N) is 1. The number of carbonyl (C=O) groups is 2. The summed E-state index contributed by atoms with van der Waals surface area (Å²) in [5.41, 5.74) is 5.85. The van der Waals surface area contributed by atoms with Gasteiger partial charge in [-0.2, -0.15) is 0 Å². The first kappa shape index (κ1) is 27.1. The molecule has 2 aliphatic rings. The van der Waals surface area contributed by atoms with Crippen molar-refractivity contribution in [1.29, 1.82) is 0 Å². The number of rotatable bonds is 8. The third-order valence-electron chi connectivity index (χ3n) is 8.00. The number of hydrogen-bond donors (Lipinski definition) is 3. The molecule has 11 heteroatoms. The van der Waals surface area contributed by atoms with Crippen molar-refractivity contribution in [3.05, 3.63) is 70.1 Å². The minimum atomic E-state index is -1.55. The third-order valence-corrected chi connectivity index (χ3v) is 8.92. The van der Waals surface area contributed by atoms with Crippen LogP contribution in [0, 0.1) is 18.7 Å². The zero-order chi connectivity index (χ0) is 29.1. The standard InChI is InChI=1S/C30H29FN4O5S/c1-15-34-25-21(39-3)10-17(11-22(25)41-15)27(36)33-13-30(38,18-6-7-18)23-12-20-26(40-14-29(20,2)28(32)37)24(35-23)16-4-8-19(31)9-5-16/h4-5,8-12,18,38H,6-7,13-14H2,1-3H3,(H2,32,37)(H,33,36)/t29-,30?/m0/s1. The number of thiazole rings is 1. The van der Waals surface area contributed by atoms with E-state index >= 15 is 0 Å². The Hall–Kier alpha value is -4.09. The fourth-order valence-electron chi connectivity index (χ4n) is 5.33. The normalized spacial score (nSPS) is 19.3. The van der Waals surface area contributed by atoms with Gasteiger partial charge >= 0.3 is 0 Å². The van der Waals surface area contributed by atoms with E-state index in [-0.39, 0.29) is 30.7 Å². The second-order valence-electron chi connectivity index (χ2n) is 10.9. The largest absolute Gasteiger partial charge is 0.494 e. The predicted molar refractivity (Wildman–Crippen MR) is 152 cm³/mol. The molecule has 1 saturated carbocycles. The summed E-state index contributed by atoms with van der Waals surface area (Å²) in [7, 11) is 1.53. The number of aromatic nitrogens is 2. The molecule has 0 bridgehead atoms. The van der Waals surface area contributed by atoms with Gasteiger partial charge < -0.3 is 25.6 Å². The smallest absolute Gasteiger partial charge is 0.251 e. The number of carbonyl (C=O) groups excluding carboxylic acids is 2. The summed E-state index contributed by atoms with van der Waals surface area (Å²) in [4.78, 5) is 35.2. The van der Waals surface area contributed by atoms with Gasteiger partial charge in [-0.05, 0) is 75.1 Å². The molecule has 3 heterocycles. The van der Waals surface area contributed by atoms with Crippen molar-refractivity contribution in [2.45, 2.75) is 37.7 Å². The molecule has 212 valence electrons. The third kappa shape index (κ3) is 4.58. The quantitative estimate of drug-likeness (QED) is 0.289. The highest BCUT2D eigenvalue weighted by Gasteiger charge is 2.50. The lowest BCUT2D eigenvalue weighted by atomic mass is 9.81. The zero-order valence-corrected chi connectivity index (χ0v) is 23.6. The van der Waals surface area contributed by atoms with E-state index in [1.54, 1.807) is 37.3 Å². The van der Waals surface area contributed by atoms with Crippen molar-refractivity contribution in [3.8, 4) is 22.8 Å². The number of hydrogen-bond acceptors (Lipinski definition) is 8. The summed E-state index contributed by atoms with van der Waals surface area (Å²) in [6.45, 7) is 3.46. The number of aryl methyl sites for hydroxylation is 1. The molecule has 2 aromatic carbocycles. The molecule has 6 rings (SSSR count). The Balaban J connectivity index is 1.39. The summed E-state index contributed by atoms with van der Waals surface area (Å²) in [5, 5.41) is 15.9. The van der Waals surface area contributed by atoms with Crippen LogP contribution in [0.15, 0.2) is 42.5 Å². The van der Waals surface area contributed by atoms with Crippen LogP contribution in [0.2, 0.25) is 0 Å². The van der Waals surface area contributed by atoms with Crippen LogP contribution >= 0.6 is 11.3 Å². The van der Waals surface area contributed by atoms with Gasteiger partial charge in [0.2, 0.25) is 5.91 Å². The summed E-state index contributed by atoms with van der Waals surface area (Å²) >= 11 is 1.46. The van der Waals surface area contributed by atoms with E-state index in [0.29, 0.717) is 39.4 Å². The first-order valence-corrected chi connectivity index (χ1v) is 14.1. The molecule has 1 aliphatic carbocycles. The SMILES string of the molecule is COc1cc(C(=O)NCC(O)(c2cc3c(c(-c4ccc(F)cc4)n2)OC[C@]3(C)C(N)=O)C2CC2)cc2sc(C)nc12.